The lowest BCUT2D eigenvalue weighted by atomic mass is 10.0. The summed E-state index contributed by atoms with van der Waals surface area (Å²) < 4.78 is 0. The van der Waals surface area contributed by atoms with Crippen LogP contribution in [0.15, 0.2) is 47.3 Å². The molecule has 3 rings (SSSR count). The van der Waals surface area contributed by atoms with E-state index in [-0.39, 0.29) is 24.4 Å². The number of rotatable bonds is 4. The predicted octanol–water partition coefficient (Wildman–Crippen LogP) is 3.66. The average molecular weight is 355 g/mol. The van der Waals surface area contributed by atoms with Crippen LogP contribution in [0.3, 0.4) is 0 Å². The van der Waals surface area contributed by atoms with E-state index in [2.05, 4.69) is 10.3 Å². The molecule has 0 fully saturated rings. The Balaban J connectivity index is 1.73. The number of aromatic amines is 1. The van der Waals surface area contributed by atoms with Crippen molar-refractivity contribution in [3.8, 4) is 0 Å². The van der Waals surface area contributed by atoms with Crippen LogP contribution < -0.4 is 10.9 Å². The number of carbonyl (C=O) groups is 1. The highest BCUT2D eigenvalue weighted by atomic mass is 35.5. The zero-order chi connectivity index (χ0) is 18.0. The number of aryl methyl sites for hydroxylation is 2. The molecule has 1 heterocycles. The number of fused-ring (bicyclic) bond motifs is 1. The predicted molar refractivity (Wildman–Crippen MR) is 101 cm³/mol. The van der Waals surface area contributed by atoms with E-state index in [1.165, 1.54) is 0 Å². The van der Waals surface area contributed by atoms with Crippen LogP contribution in [0.25, 0.3) is 10.9 Å². The normalized spacial score (nSPS) is 10.8. The number of hydrogen-bond acceptors (Lipinski definition) is 2. The van der Waals surface area contributed by atoms with Crippen molar-refractivity contribution in [1.82, 2.24) is 10.3 Å². The molecule has 0 aliphatic rings. The average Bonchev–Trinajstić information content (AvgIpc) is 2.59. The first kappa shape index (κ1) is 17.2. The van der Waals surface area contributed by atoms with Crippen LogP contribution in [0.2, 0.25) is 5.02 Å². The van der Waals surface area contributed by atoms with E-state index in [0.29, 0.717) is 10.6 Å². The first-order valence-electron chi connectivity index (χ1n) is 8.07. The molecule has 3 aromatic rings. The second kappa shape index (κ2) is 7.11. The second-order valence-corrected chi connectivity index (χ2v) is 6.61. The summed E-state index contributed by atoms with van der Waals surface area (Å²) in [5.41, 5.74) is 4.29. The van der Waals surface area contributed by atoms with Crippen molar-refractivity contribution in [2.24, 2.45) is 0 Å². The number of aromatic nitrogens is 1. The molecule has 1 aromatic heterocycles. The van der Waals surface area contributed by atoms with Crippen LogP contribution in [0, 0.1) is 13.8 Å². The van der Waals surface area contributed by atoms with Crippen molar-refractivity contribution in [3.05, 3.63) is 80.1 Å². The molecule has 0 atom stereocenters. The number of nitrogens with one attached hydrogen (secondary N) is 2. The standard InChI is InChI=1S/C20H19ClN2O2/c1-12-3-6-15-10-16(20(25)23-19(15)13(12)2)11-22-18(24)9-14-4-7-17(21)8-5-14/h3-8,10H,9,11H2,1-2H3,(H,22,24)(H,23,25). The van der Waals surface area contributed by atoms with Gasteiger partial charge < -0.3 is 10.3 Å². The molecular weight excluding hydrogens is 336 g/mol. The van der Waals surface area contributed by atoms with Crippen LogP contribution in [0.4, 0.5) is 0 Å². The van der Waals surface area contributed by atoms with E-state index in [1.807, 2.05) is 44.2 Å². The summed E-state index contributed by atoms with van der Waals surface area (Å²) in [7, 11) is 0. The molecule has 25 heavy (non-hydrogen) atoms. The molecule has 4 nitrogen and oxygen atoms in total. The van der Waals surface area contributed by atoms with Crippen molar-refractivity contribution in [1.29, 1.82) is 0 Å². The maximum atomic E-state index is 12.3. The molecule has 128 valence electrons. The van der Waals surface area contributed by atoms with Gasteiger partial charge in [0.1, 0.15) is 0 Å². The van der Waals surface area contributed by atoms with Crippen molar-refractivity contribution < 1.29 is 4.79 Å². The first-order valence-corrected chi connectivity index (χ1v) is 8.45. The highest BCUT2D eigenvalue weighted by molar-refractivity contribution is 6.30. The van der Waals surface area contributed by atoms with Crippen LogP contribution in [0.1, 0.15) is 22.3 Å². The largest absolute Gasteiger partial charge is 0.352 e. The van der Waals surface area contributed by atoms with E-state index in [0.717, 1.165) is 27.6 Å². The van der Waals surface area contributed by atoms with Crippen LogP contribution >= 0.6 is 11.6 Å². The Morgan fingerprint density at radius 3 is 2.56 bits per heavy atom. The maximum Gasteiger partial charge on any atom is 0.253 e. The van der Waals surface area contributed by atoms with Gasteiger partial charge in [-0.25, -0.2) is 0 Å². The van der Waals surface area contributed by atoms with Crippen LogP contribution in [-0.2, 0) is 17.8 Å². The smallest absolute Gasteiger partial charge is 0.253 e. The zero-order valence-electron chi connectivity index (χ0n) is 14.2. The highest BCUT2D eigenvalue weighted by Gasteiger charge is 2.08. The lowest BCUT2D eigenvalue weighted by Gasteiger charge is -2.09. The third-order valence-corrected chi connectivity index (χ3v) is 4.63. The number of amides is 1. The van der Waals surface area contributed by atoms with E-state index in [9.17, 15) is 9.59 Å². The molecule has 0 aliphatic heterocycles. The van der Waals surface area contributed by atoms with Crippen LogP contribution in [-0.4, -0.2) is 10.9 Å². The number of hydrogen-bond donors (Lipinski definition) is 2. The van der Waals surface area contributed by atoms with E-state index >= 15 is 0 Å². The van der Waals surface area contributed by atoms with Gasteiger partial charge >= 0.3 is 0 Å². The molecule has 2 aromatic carbocycles. The molecule has 0 unspecified atom stereocenters. The number of H-pyrrole nitrogens is 1. The van der Waals surface area contributed by atoms with Gasteiger partial charge in [-0.05, 0) is 54.1 Å². The van der Waals surface area contributed by atoms with Gasteiger partial charge in [-0.2, -0.15) is 0 Å². The van der Waals surface area contributed by atoms with Crippen molar-refractivity contribution in [2.75, 3.05) is 0 Å². The summed E-state index contributed by atoms with van der Waals surface area (Å²) in [5, 5.41) is 4.40. The molecule has 0 aliphatic carbocycles. The lowest BCUT2D eigenvalue weighted by Crippen LogP contribution is -2.28. The van der Waals surface area contributed by atoms with Crippen LogP contribution in [0.5, 0.6) is 0 Å². The minimum Gasteiger partial charge on any atom is -0.352 e. The monoisotopic (exact) mass is 354 g/mol. The second-order valence-electron chi connectivity index (χ2n) is 6.18. The van der Waals surface area contributed by atoms with Crippen molar-refractivity contribution >= 4 is 28.4 Å². The molecule has 2 N–H and O–H groups in total. The quantitative estimate of drug-likeness (QED) is 0.751. The summed E-state index contributed by atoms with van der Waals surface area (Å²) >= 11 is 5.84. The fourth-order valence-corrected chi connectivity index (χ4v) is 2.87. The maximum absolute atomic E-state index is 12.3. The fraction of sp³-hybridized carbons (Fsp3) is 0.200. The van der Waals surface area contributed by atoms with Gasteiger partial charge in [-0.1, -0.05) is 35.9 Å². The molecule has 5 heteroatoms. The third-order valence-electron chi connectivity index (χ3n) is 4.38. The molecular formula is C20H19ClN2O2. The number of benzene rings is 2. The van der Waals surface area contributed by atoms with Gasteiger partial charge in [0.25, 0.3) is 5.56 Å². The zero-order valence-corrected chi connectivity index (χ0v) is 14.9. The Bertz CT molecular complexity index is 991. The Morgan fingerprint density at radius 2 is 1.84 bits per heavy atom. The van der Waals surface area contributed by atoms with E-state index in [1.54, 1.807) is 12.1 Å². The molecule has 0 spiro atoms. The molecule has 0 radical (unpaired) electrons. The minimum absolute atomic E-state index is 0.137. The summed E-state index contributed by atoms with van der Waals surface area (Å²) in [5.74, 6) is -0.137. The van der Waals surface area contributed by atoms with Gasteiger partial charge in [0.15, 0.2) is 0 Å². The number of pyridine rings is 1. The summed E-state index contributed by atoms with van der Waals surface area (Å²) in [4.78, 5) is 27.3. The van der Waals surface area contributed by atoms with E-state index < -0.39 is 0 Å². The fourth-order valence-electron chi connectivity index (χ4n) is 2.75. The SMILES string of the molecule is Cc1ccc2cc(CNC(=O)Cc3ccc(Cl)cc3)c(=O)[nH]c2c1C. The van der Waals surface area contributed by atoms with Gasteiger partial charge in [0, 0.05) is 17.1 Å². The molecule has 0 saturated heterocycles. The van der Waals surface area contributed by atoms with Crippen molar-refractivity contribution in [3.63, 3.8) is 0 Å². The molecule has 1 amide bonds. The van der Waals surface area contributed by atoms with Gasteiger partial charge in [0.05, 0.1) is 11.9 Å². The van der Waals surface area contributed by atoms with Gasteiger partial charge in [-0.15, -0.1) is 0 Å². The van der Waals surface area contributed by atoms with E-state index in [4.69, 9.17) is 11.6 Å². The summed E-state index contributed by atoms with van der Waals surface area (Å²) in [6, 6.07) is 13.0. The summed E-state index contributed by atoms with van der Waals surface area (Å²) in [6.07, 6.45) is 0.251. The Kier molecular flexibility index (Phi) is 4.91. The Hall–Kier alpha value is -2.59. The Labute approximate surface area is 150 Å². The first-order chi connectivity index (χ1) is 11.9. The molecule has 0 saturated carbocycles. The third kappa shape index (κ3) is 3.91. The number of halogens is 1. The highest BCUT2D eigenvalue weighted by Crippen LogP contribution is 2.18. The Morgan fingerprint density at radius 1 is 1.12 bits per heavy atom. The molecule has 0 bridgehead atoms. The topological polar surface area (TPSA) is 62.0 Å². The van der Waals surface area contributed by atoms with Gasteiger partial charge in [-0.3, -0.25) is 9.59 Å². The van der Waals surface area contributed by atoms with Gasteiger partial charge in [0.2, 0.25) is 5.91 Å². The minimum atomic E-state index is -0.173. The lowest BCUT2D eigenvalue weighted by molar-refractivity contribution is -0.120. The number of carbonyl (C=O) groups excluding carboxylic acids is 1. The summed E-state index contributed by atoms with van der Waals surface area (Å²) in [6.45, 7) is 4.20. The van der Waals surface area contributed by atoms with Crippen molar-refractivity contribution in [2.45, 2.75) is 26.8 Å².